The number of nitrogens with zero attached hydrogens (tertiary/aromatic N) is 2. The van der Waals surface area contributed by atoms with E-state index in [2.05, 4.69) is 0 Å². The average Bonchev–Trinajstić information content (AvgIpc) is 1.33. The van der Waals surface area contributed by atoms with E-state index < -0.39 is 11.4 Å². The van der Waals surface area contributed by atoms with Crippen molar-refractivity contribution in [2.75, 3.05) is 0 Å². The van der Waals surface area contributed by atoms with Crippen LogP contribution in [0.3, 0.4) is 0 Å². The van der Waals surface area contributed by atoms with E-state index in [0.29, 0.717) is 0 Å². The Morgan fingerprint density at radius 3 is 1.33 bits per heavy atom. The second-order valence-electron chi connectivity index (χ2n) is 0.349. The minimum Gasteiger partial charge on any atom is -0.693 e. The van der Waals surface area contributed by atoms with Crippen LogP contribution in [0, 0.1) is 5.53 Å². The fourth-order valence-corrected chi connectivity index (χ4v) is 0. The molecule has 10 nitrogen and oxygen atoms in total. The summed E-state index contributed by atoms with van der Waals surface area (Å²) in [6, 6.07) is 0. The predicted molar refractivity (Wildman–Crippen MR) is 44.3 cm³/mol. The van der Waals surface area contributed by atoms with Crippen LogP contribution in [0.5, 0.6) is 0 Å². The fraction of sp³-hybridized carbons (Fsp3) is 0. The largest absolute Gasteiger partial charge is 3.00 e. The molecule has 12 heteroatoms. The first kappa shape index (κ1) is 60.4. The van der Waals surface area contributed by atoms with E-state index in [9.17, 15) is 0 Å². The van der Waals surface area contributed by atoms with Gasteiger partial charge in [-0.25, -0.2) is 0 Å². The molecule has 0 amide bonds. The Kier molecular flexibility index (Phi) is 368. The van der Waals surface area contributed by atoms with E-state index in [1.165, 1.54) is 0 Å². The van der Waals surface area contributed by atoms with Gasteiger partial charge in [0.25, 0.3) is 0 Å². The van der Waals surface area contributed by atoms with Gasteiger partial charge >= 0.3 is 28.1 Å². The second kappa shape index (κ2) is 73.1. The Hall–Kier alpha value is -0.274. The first-order valence-electron chi connectivity index (χ1n) is 0.977. The summed E-state index contributed by atoms with van der Waals surface area (Å²) in [6.07, 6.45) is 0. The van der Waals surface area contributed by atoms with Crippen LogP contribution in [0.25, 0.3) is 35.0 Å². The first-order valence-corrected chi connectivity index (χ1v) is 2.08. The van der Waals surface area contributed by atoms with Crippen molar-refractivity contribution >= 4 is 11.4 Å². The standard InChI is InChI=1S/Co.HN3.4H2N.H2O3S/c;1-3-2;;;;;1-4(2)3/h;1H;4*1H2;(H2,1,2,3)/q+3;;4*-1;/p+1. The Balaban J connectivity index is -0.00000000597. The monoisotopic (exact) mass is 249 g/mol. The summed E-state index contributed by atoms with van der Waals surface area (Å²) in [5.74, 6) is 0. The predicted octanol–water partition coefficient (Wildman–Crippen LogP) is 2.40. The van der Waals surface area contributed by atoms with E-state index in [4.69, 9.17) is 24.4 Å². The molecular weight excluding hydrogens is 237 g/mol. The minimum absolute atomic E-state index is 0. The van der Waals surface area contributed by atoms with Gasteiger partial charge in [-0.15, -0.1) is 5.53 Å². The van der Waals surface area contributed by atoms with Crippen molar-refractivity contribution in [2.45, 2.75) is 0 Å². The van der Waals surface area contributed by atoms with E-state index in [-0.39, 0.29) is 41.4 Å². The van der Waals surface area contributed by atoms with Gasteiger partial charge in [-0.2, -0.15) is 4.21 Å². The van der Waals surface area contributed by atoms with Crippen LogP contribution in [0.2, 0.25) is 0 Å². The molecule has 0 saturated heterocycles. The quantitative estimate of drug-likeness (QED) is 0.218. The van der Waals surface area contributed by atoms with Gasteiger partial charge in [0.05, 0.1) is 0 Å². The Bertz CT molecular complexity index is 86.7. The molecule has 0 radical (unpaired) electrons. The molecule has 80 valence electrons. The van der Waals surface area contributed by atoms with E-state index >= 15 is 0 Å². The zero-order chi connectivity index (χ0) is 6.28. The summed E-state index contributed by atoms with van der Waals surface area (Å²) in [4.78, 5) is 1.75. The Labute approximate surface area is 82.5 Å². The molecule has 0 fully saturated rings. The van der Waals surface area contributed by atoms with Crippen LogP contribution in [0.1, 0.15) is 0 Å². The molecule has 0 aliphatic heterocycles. The Morgan fingerprint density at radius 1 is 1.33 bits per heavy atom. The SMILES string of the molecule is [Co+3].[N-]=[N+]=N.[NH2-].[NH2-].[NH2-].[NH2-].[O-]S(=[OH+])[OH2+]. The molecular formula is H12CoN7O3S. The third-order valence-electron chi connectivity index (χ3n) is 0. The van der Waals surface area contributed by atoms with Crippen LogP contribution in [-0.4, -0.2) is 13.3 Å². The molecule has 0 saturated carbocycles. The maximum absolute atomic E-state index is 8.78. The molecule has 0 heterocycles. The first-order chi connectivity index (χ1) is 3.15. The third kappa shape index (κ3) is 9900. The van der Waals surface area contributed by atoms with Gasteiger partial charge in [0, 0.05) is 0 Å². The fourth-order valence-electron chi connectivity index (χ4n) is 0. The summed E-state index contributed by atoms with van der Waals surface area (Å²) < 4.78 is 21.6. The van der Waals surface area contributed by atoms with Gasteiger partial charge in [0.15, 0.2) is 0 Å². The number of hydrogen-bond acceptors (Lipinski definition) is 2. The zero-order valence-electron chi connectivity index (χ0n) is 5.80. The third-order valence-corrected chi connectivity index (χ3v) is 0. The summed E-state index contributed by atoms with van der Waals surface area (Å²) in [5.41, 5.74) is 12.2. The van der Waals surface area contributed by atoms with E-state index in [0.717, 1.165) is 0 Å². The van der Waals surface area contributed by atoms with Crippen molar-refractivity contribution in [3.63, 3.8) is 0 Å². The average molecular weight is 249 g/mol. The van der Waals surface area contributed by atoms with Crippen molar-refractivity contribution in [3.05, 3.63) is 35.0 Å². The minimum atomic E-state index is -2.36. The van der Waals surface area contributed by atoms with Crippen molar-refractivity contribution in [2.24, 2.45) is 0 Å². The van der Waals surface area contributed by atoms with E-state index in [1.807, 2.05) is 0 Å². The van der Waals surface area contributed by atoms with Crippen LogP contribution >= 0.6 is 0 Å². The van der Waals surface area contributed by atoms with Gasteiger partial charge in [-0.1, -0.05) is 0 Å². The van der Waals surface area contributed by atoms with Gasteiger partial charge in [0.2, 0.25) is 0 Å². The zero-order valence-corrected chi connectivity index (χ0v) is 7.66. The molecule has 12 heavy (non-hydrogen) atoms. The maximum atomic E-state index is 8.78. The molecule has 0 aromatic carbocycles. The van der Waals surface area contributed by atoms with Crippen molar-refractivity contribution in [3.8, 4) is 0 Å². The molecule has 0 spiro atoms. The van der Waals surface area contributed by atoms with Gasteiger partial charge in [0.1, 0.15) is 0 Å². The van der Waals surface area contributed by atoms with Crippen molar-refractivity contribution < 1.29 is 30.1 Å². The van der Waals surface area contributed by atoms with Gasteiger partial charge in [-0.3, -0.25) is 0 Å². The van der Waals surface area contributed by atoms with Crippen LogP contribution in [0.4, 0.5) is 0 Å². The molecule has 0 aliphatic carbocycles. The second-order valence-corrected chi connectivity index (χ2v) is 0.847. The topological polar surface area (TPSA) is 262 Å². The molecule has 0 aromatic heterocycles. The van der Waals surface area contributed by atoms with Gasteiger partial charge in [-0.05, 0) is 10.4 Å². The number of hydrogen-bond donors (Lipinski definition) is 1. The van der Waals surface area contributed by atoms with Crippen LogP contribution in [0.15, 0.2) is 0 Å². The van der Waals surface area contributed by atoms with Crippen molar-refractivity contribution in [1.29, 1.82) is 5.53 Å². The number of nitrogens with one attached hydrogen (secondary N) is 1. The maximum Gasteiger partial charge on any atom is 3.00 e. The van der Waals surface area contributed by atoms with Crippen LogP contribution < -0.4 is 0 Å². The molecule has 0 rings (SSSR count). The molecule has 0 aromatic rings. The van der Waals surface area contributed by atoms with Gasteiger partial charge < -0.3 is 33.7 Å². The Morgan fingerprint density at radius 2 is 1.33 bits per heavy atom. The molecule has 1 unspecified atom stereocenters. The smallest absolute Gasteiger partial charge is 0.693 e. The molecule has 0 aliphatic rings. The summed E-state index contributed by atoms with van der Waals surface area (Å²) in [7, 11) is 0. The summed E-state index contributed by atoms with van der Waals surface area (Å²) in [5, 5.41) is 0. The molecule has 12 N–H and O–H groups in total. The van der Waals surface area contributed by atoms with Crippen LogP contribution in [-0.2, 0) is 28.1 Å². The molecule has 0 bridgehead atoms. The van der Waals surface area contributed by atoms with E-state index in [1.54, 1.807) is 4.91 Å². The van der Waals surface area contributed by atoms with Crippen molar-refractivity contribution in [1.82, 2.24) is 0 Å². The molecule has 1 atom stereocenters. The summed E-state index contributed by atoms with van der Waals surface area (Å²) in [6.45, 7) is 0. The number of nitrogens with two attached hydrogens (primary N) is 4. The number of rotatable bonds is 0. The normalized spacial score (nSPS) is 5.83. The summed E-state index contributed by atoms with van der Waals surface area (Å²) >= 11 is -2.36.